The van der Waals surface area contributed by atoms with Gasteiger partial charge in [0.1, 0.15) is 18.4 Å². The van der Waals surface area contributed by atoms with E-state index < -0.39 is 0 Å². The summed E-state index contributed by atoms with van der Waals surface area (Å²) in [5.74, 6) is 2.41. The highest BCUT2D eigenvalue weighted by molar-refractivity contribution is 5.37. The van der Waals surface area contributed by atoms with E-state index in [-0.39, 0.29) is 0 Å². The van der Waals surface area contributed by atoms with E-state index >= 15 is 0 Å². The summed E-state index contributed by atoms with van der Waals surface area (Å²) in [5, 5.41) is 4.21. The van der Waals surface area contributed by atoms with Gasteiger partial charge >= 0.3 is 0 Å². The summed E-state index contributed by atoms with van der Waals surface area (Å²) in [6.45, 7) is 7.44. The zero-order valence-electron chi connectivity index (χ0n) is 16.3. The molecule has 2 aliphatic rings. The number of hydrazine groups is 1. The number of rotatable bonds is 6. The van der Waals surface area contributed by atoms with Crippen LogP contribution in [0.5, 0.6) is 5.75 Å². The molecule has 0 radical (unpaired) electrons. The molecule has 2 saturated heterocycles. The molecule has 3 heterocycles. The largest absolute Gasteiger partial charge is 0.496 e. The van der Waals surface area contributed by atoms with Gasteiger partial charge in [0.15, 0.2) is 0 Å². The second-order valence-corrected chi connectivity index (χ2v) is 7.88. The van der Waals surface area contributed by atoms with E-state index in [1.165, 1.54) is 31.5 Å². The molecule has 0 bridgehead atoms. The Hall–Kier alpha value is -1.96. The number of hydrogen-bond acceptors (Lipinski definition) is 6. The lowest BCUT2D eigenvalue weighted by molar-refractivity contribution is 0.146. The molecule has 2 aromatic rings. The normalized spacial score (nSPS) is 24.4. The standard InChI is InChI=1S/C20H30N6O/c1-15-10-22-24-20(15)17-5-7-25(8-6-17)11-16-3-4-19(27-2)18(9-16)12-26-14-21-13-23-26/h3-4,9,13-15,17,20,22,24H,5-8,10-12H2,1-2H3. The van der Waals surface area contributed by atoms with Crippen molar-refractivity contribution in [3.05, 3.63) is 42.0 Å². The van der Waals surface area contributed by atoms with Gasteiger partial charge in [0.2, 0.25) is 0 Å². The Morgan fingerprint density at radius 1 is 1.22 bits per heavy atom. The minimum Gasteiger partial charge on any atom is -0.496 e. The molecule has 1 aromatic carbocycles. The summed E-state index contributed by atoms with van der Waals surface area (Å²) in [6, 6.07) is 7.13. The second kappa shape index (κ2) is 8.37. The van der Waals surface area contributed by atoms with E-state index in [1.54, 1.807) is 19.8 Å². The molecule has 0 spiro atoms. The number of likely N-dealkylation sites (tertiary alicyclic amines) is 1. The first-order chi connectivity index (χ1) is 13.2. The Balaban J connectivity index is 1.37. The Labute approximate surface area is 161 Å². The van der Waals surface area contributed by atoms with Crippen molar-refractivity contribution in [2.24, 2.45) is 11.8 Å². The van der Waals surface area contributed by atoms with Gasteiger partial charge in [-0.3, -0.25) is 15.8 Å². The van der Waals surface area contributed by atoms with Crippen LogP contribution in [0.1, 0.15) is 30.9 Å². The Morgan fingerprint density at radius 3 is 2.74 bits per heavy atom. The van der Waals surface area contributed by atoms with E-state index in [1.807, 2.05) is 4.68 Å². The highest BCUT2D eigenvalue weighted by atomic mass is 16.5. The van der Waals surface area contributed by atoms with Gasteiger partial charge in [-0.25, -0.2) is 9.67 Å². The molecule has 2 fully saturated rings. The van der Waals surface area contributed by atoms with Crippen LogP contribution in [0.15, 0.2) is 30.9 Å². The summed E-state index contributed by atoms with van der Waals surface area (Å²) in [6.07, 6.45) is 5.84. The number of benzene rings is 1. The SMILES string of the molecule is COc1ccc(CN2CCC(C3NNCC3C)CC2)cc1Cn1cncn1. The number of nitrogens with zero attached hydrogens (tertiary/aromatic N) is 4. The Kier molecular flexibility index (Phi) is 5.71. The topological polar surface area (TPSA) is 67.2 Å². The number of aromatic nitrogens is 3. The monoisotopic (exact) mass is 370 g/mol. The van der Waals surface area contributed by atoms with Crippen LogP contribution in [0.25, 0.3) is 0 Å². The molecule has 0 aliphatic carbocycles. The van der Waals surface area contributed by atoms with E-state index in [0.717, 1.165) is 36.2 Å². The predicted molar refractivity (Wildman–Crippen MR) is 104 cm³/mol. The third kappa shape index (κ3) is 4.31. The van der Waals surface area contributed by atoms with Crippen LogP contribution in [-0.2, 0) is 13.1 Å². The average Bonchev–Trinajstić information content (AvgIpc) is 3.34. The van der Waals surface area contributed by atoms with Crippen LogP contribution in [0, 0.1) is 11.8 Å². The second-order valence-electron chi connectivity index (χ2n) is 7.88. The molecule has 4 rings (SSSR count). The van der Waals surface area contributed by atoms with Crippen molar-refractivity contribution in [2.45, 2.75) is 38.9 Å². The zero-order valence-corrected chi connectivity index (χ0v) is 16.3. The van der Waals surface area contributed by atoms with Crippen LogP contribution in [0.3, 0.4) is 0 Å². The van der Waals surface area contributed by atoms with E-state index in [0.29, 0.717) is 12.6 Å². The molecular formula is C20H30N6O. The molecule has 7 nitrogen and oxygen atoms in total. The fourth-order valence-electron chi connectivity index (χ4n) is 4.46. The number of nitrogens with one attached hydrogen (secondary N) is 2. The first kappa shape index (κ1) is 18.4. The maximum Gasteiger partial charge on any atom is 0.137 e. The molecule has 27 heavy (non-hydrogen) atoms. The molecule has 146 valence electrons. The van der Waals surface area contributed by atoms with Crippen molar-refractivity contribution in [3.8, 4) is 5.75 Å². The van der Waals surface area contributed by atoms with E-state index in [2.05, 4.69) is 51.0 Å². The van der Waals surface area contributed by atoms with Gasteiger partial charge in [0.05, 0.1) is 13.7 Å². The van der Waals surface area contributed by atoms with Gasteiger partial charge in [0, 0.05) is 24.7 Å². The lowest BCUT2D eigenvalue weighted by atomic mass is 9.84. The van der Waals surface area contributed by atoms with Crippen molar-refractivity contribution >= 4 is 0 Å². The third-order valence-electron chi connectivity index (χ3n) is 6.00. The van der Waals surface area contributed by atoms with Crippen molar-refractivity contribution in [1.29, 1.82) is 0 Å². The molecular weight excluding hydrogens is 340 g/mol. The van der Waals surface area contributed by atoms with Gasteiger partial charge < -0.3 is 4.74 Å². The molecule has 0 saturated carbocycles. The van der Waals surface area contributed by atoms with Crippen molar-refractivity contribution in [3.63, 3.8) is 0 Å². The van der Waals surface area contributed by atoms with Crippen LogP contribution >= 0.6 is 0 Å². The van der Waals surface area contributed by atoms with Crippen LogP contribution in [0.2, 0.25) is 0 Å². The summed E-state index contributed by atoms with van der Waals surface area (Å²) in [5.41, 5.74) is 9.28. The zero-order chi connectivity index (χ0) is 18.6. The maximum atomic E-state index is 5.53. The average molecular weight is 371 g/mol. The third-order valence-corrected chi connectivity index (χ3v) is 6.00. The highest BCUT2D eigenvalue weighted by Crippen LogP contribution is 2.28. The number of ether oxygens (including phenoxy) is 1. The molecule has 7 heteroatoms. The summed E-state index contributed by atoms with van der Waals surface area (Å²) in [7, 11) is 1.72. The van der Waals surface area contributed by atoms with Crippen LogP contribution in [0.4, 0.5) is 0 Å². The van der Waals surface area contributed by atoms with Crippen molar-refractivity contribution in [2.75, 3.05) is 26.7 Å². The molecule has 2 unspecified atom stereocenters. The van der Waals surface area contributed by atoms with Gasteiger partial charge in [-0.05, 0) is 55.5 Å². The Morgan fingerprint density at radius 2 is 2.07 bits per heavy atom. The van der Waals surface area contributed by atoms with Crippen molar-refractivity contribution < 1.29 is 4.74 Å². The first-order valence-corrected chi connectivity index (χ1v) is 9.92. The van der Waals surface area contributed by atoms with Gasteiger partial charge in [-0.2, -0.15) is 5.10 Å². The van der Waals surface area contributed by atoms with Crippen LogP contribution < -0.4 is 15.6 Å². The van der Waals surface area contributed by atoms with Gasteiger partial charge in [-0.1, -0.05) is 13.0 Å². The quantitative estimate of drug-likeness (QED) is 0.806. The summed E-state index contributed by atoms with van der Waals surface area (Å²) >= 11 is 0. The summed E-state index contributed by atoms with van der Waals surface area (Å²) < 4.78 is 7.36. The fourth-order valence-corrected chi connectivity index (χ4v) is 4.46. The van der Waals surface area contributed by atoms with Gasteiger partial charge in [0.25, 0.3) is 0 Å². The first-order valence-electron chi connectivity index (χ1n) is 9.92. The molecule has 1 aromatic heterocycles. The number of methoxy groups -OCH3 is 1. The predicted octanol–water partition coefficient (Wildman–Crippen LogP) is 1.66. The lowest BCUT2D eigenvalue weighted by Crippen LogP contribution is -2.44. The Bertz CT molecular complexity index is 726. The van der Waals surface area contributed by atoms with Crippen molar-refractivity contribution in [1.82, 2.24) is 30.5 Å². The van der Waals surface area contributed by atoms with E-state index in [4.69, 9.17) is 4.74 Å². The molecule has 0 amide bonds. The lowest BCUT2D eigenvalue weighted by Gasteiger charge is -2.36. The fraction of sp³-hybridized carbons (Fsp3) is 0.600. The highest BCUT2D eigenvalue weighted by Gasteiger charge is 2.32. The number of hydrogen-bond donors (Lipinski definition) is 2. The van der Waals surface area contributed by atoms with Crippen LogP contribution in [-0.4, -0.2) is 52.5 Å². The molecule has 2 aliphatic heterocycles. The summed E-state index contributed by atoms with van der Waals surface area (Å²) in [4.78, 5) is 6.60. The van der Waals surface area contributed by atoms with Gasteiger partial charge in [-0.15, -0.1) is 0 Å². The van der Waals surface area contributed by atoms with E-state index in [9.17, 15) is 0 Å². The maximum absolute atomic E-state index is 5.53. The number of piperidine rings is 1. The minimum atomic E-state index is 0.627. The molecule has 2 atom stereocenters. The minimum absolute atomic E-state index is 0.627. The smallest absolute Gasteiger partial charge is 0.137 e. The molecule has 2 N–H and O–H groups in total.